The number of carbonyl (C=O) groups is 1. The first kappa shape index (κ1) is 31.9. The summed E-state index contributed by atoms with van der Waals surface area (Å²) in [5.41, 5.74) is 5.56. The molecule has 8 N–H and O–H groups in total. The quantitative estimate of drug-likeness (QED) is 0.102. The smallest absolute Gasteiger partial charge is 0.387 e. The minimum Gasteiger partial charge on any atom is -0.387 e. The van der Waals surface area contributed by atoms with Crippen LogP contribution in [0.25, 0.3) is 21.9 Å². The van der Waals surface area contributed by atoms with Gasteiger partial charge in [-0.25, -0.2) is 14.1 Å². The van der Waals surface area contributed by atoms with E-state index in [4.69, 9.17) is 15.0 Å². The van der Waals surface area contributed by atoms with E-state index in [-0.39, 0.29) is 30.1 Å². The van der Waals surface area contributed by atoms with E-state index < -0.39 is 64.9 Å². The Hall–Kier alpha value is -3.54. The van der Waals surface area contributed by atoms with Crippen LogP contribution >= 0.6 is 15.6 Å². The molecule has 0 radical (unpaired) electrons. The van der Waals surface area contributed by atoms with Crippen molar-refractivity contribution < 1.29 is 52.0 Å². The van der Waals surface area contributed by atoms with E-state index in [1.165, 1.54) is 0 Å². The highest BCUT2D eigenvalue weighted by Crippen LogP contribution is 2.60. The Kier molecular flexibility index (Phi) is 9.29. The van der Waals surface area contributed by atoms with Crippen molar-refractivity contribution in [2.24, 2.45) is 0 Å². The topological polar surface area (TPSA) is 271 Å². The third-order valence-corrected chi connectivity index (χ3v) is 9.24. The average Bonchev–Trinajstić information content (AvgIpc) is 3.50. The number of H-pyrrole nitrogens is 1. The molecule has 1 aliphatic rings. The van der Waals surface area contributed by atoms with Crippen LogP contribution in [0, 0.1) is 0 Å². The molecule has 18 nitrogen and oxygen atoms in total. The molecular weight excluding hydrogens is 626 g/mol. The zero-order valence-corrected chi connectivity index (χ0v) is 24.4. The molecule has 1 aliphatic heterocycles. The van der Waals surface area contributed by atoms with Gasteiger partial charge < -0.3 is 35.8 Å². The van der Waals surface area contributed by atoms with E-state index in [1.807, 2.05) is 42.5 Å². The van der Waals surface area contributed by atoms with Gasteiger partial charge in [0.2, 0.25) is 11.9 Å². The molecule has 2 aromatic carbocycles. The Morgan fingerprint density at radius 3 is 2.61 bits per heavy atom. The van der Waals surface area contributed by atoms with Gasteiger partial charge in [0, 0.05) is 6.54 Å². The van der Waals surface area contributed by atoms with Crippen molar-refractivity contribution in [1.82, 2.24) is 24.8 Å². The second-order valence-corrected chi connectivity index (χ2v) is 12.7. The predicted octanol–water partition coefficient (Wildman–Crippen LogP) is 0.431. The summed E-state index contributed by atoms with van der Waals surface area (Å²) in [4.78, 5) is 54.2. The third kappa shape index (κ3) is 7.22. The number of rotatable bonds is 12. The highest BCUT2D eigenvalue weighted by molar-refractivity contribution is 7.61. The summed E-state index contributed by atoms with van der Waals surface area (Å²) in [5, 5.41) is 25.5. The first-order chi connectivity index (χ1) is 20.8. The summed E-state index contributed by atoms with van der Waals surface area (Å²) in [6.45, 7) is -1.33. The van der Waals surface area contributed by atoms with E-state index in [9.17, 15) is 38.7 Å². The van der Waals surface area contributed by atoms with Crippen molar-refractivity contribution in [1.29, 1.82) is 0 Å². The molecule has 0 bridgehead atoms. The standard InChI is InChI=1S/C24H28N6O12P2/c25-24-28-21-18(22(34)29-24)27-12-30(21)23-20(33)19(32)16(41-23)11-40-44(37,38)42-43(35,36)39-9-8-17(31)26-10-14-6-3-5-13-4-1-2-7-15(13)14/h1-7,12,16,19-20,23,32-33H,8-11H2,(H,26,31)(H,35,36)(H,37,38)(H3,25,28,29,34)/t16-,19-,20-,23-/m1/s1. The summed E-state index contributed by atoms with van der Waals surface area (Å²) >= 11 is 0. The van der Waals surface area contributed by atoms with Crippen LogP contribution < -0.4 is 16.6 Å². The van der Waals surface area contributed by atoms with E-state index in [1.54, 1.807) is 0 Å². The number of nitrogens with two attached hydrogens (primary N) is 1. The van der Waals surface area contributed by atoms with E-state index in [2.05, 4.69) is 29.1 Å². The van der Waals surface area contributed by atoms with Crippen molar-refractivity contribution in [2.75, 3.05) is 18.9 Å². The largest absolute Gasteiger partial charge is 0.481 e. The second-order valence-electron chi connectivity index (χ2n) is 9.63. The number of hydrogen-bond acceptors (Lipinski definition) is 13. The highest BCUT2D eigenvalue weighted by atomic mass is 31.3. The van der Waals surface area contributed by atoms with Gasteiger partial charge in [0.05, 0.1) is 26.0 Å². The van der Waals surface area contributed by atoms with E-state index in [0.717, 1.165) is 27.2 Å². The molecule has 0 aliphatic carbocycles. The van der Waals surface area contributed by atoms with Crippen LogP contribution in [0.3, 0.4) is 0 Å². The molecule has 4 aromatic rings. The van der Waals surface area contributed by atoms with Crippen LogP contribution in [0.2, 0.25) is 0 Å². The molecule has 0 saturated carbocycles. The van der Waals surface area contributed by atoms with Gasteiger partial charge in [0.15, 0.2) is 17.4 Å². The first-order valence-electron chi connectivity index (χ1n) is 13.0. The van der Waals surface area contributed by atoms with Gasteiger partial charge in [-0.1, -0.05) is 42.5 Å². The summed E-state index contributed by atoms with van der Waals surface area (Å²) in [5.74, 6) is -0.761. The zero-order chi connectivity index (χ0) is 31.6. The Bertz CT molecular complexity index is 1830. The number of nitrogen functional groups attached to an aromatic ring is 1. The number of imidazole rings is 1. The van der Waals surface area contributed by atoms with Gasteiger partial charge in [0.1, 0.15) is 18.3 Å². The van der Waals surface area contributed by atoms with Gasteiger partial charge in [-0.2, -0.15) is 9.29 Å². The number of carbonyl (C=O) groups excluding carboxylic acids is 1. The molecule has 1 amide bonds. The fourth-order valence-corrected chi connectivity index (χ4v) is 6.63. The number of aliphatic hydroxyl groups is 2. The van der Waals surface area contributed by atoms with Crippen molar-refractivity contribution in [2.45, 2.75) is 37.5 Å². The number of fused-ring (bicyclic) bond motifs is 2. The summed E-state index contributed by atoms with van der Waals surface area (Å²) < 4.78 is 44.8. The number of amides is 1. The van der Waals surface area contributed by atoms with Gasteiger partial charge in [-0.05, 0) is 16.3 Å². The van der Waals surface area contributed by atoms with Crippen LogP contribution in [0.5, 0.6) is 0 Å². The molecule has 3 heterocycles. The minimum absolute atomic E-state index is 0.0687. The summed E-state index contributed by atoms with van der Waals surface area (Å²) in [6.07, 6.45) is -5.39. The zero-order valence-electron chi connectivity index (χ0n) is 22.6. The fraction of sp³-hybridized carbons (Fsp3) is 0.333. The van der Waals surface area contributed by atoms with Crippen molar-refractivity contribution in [3.8, 4) is 0 Å². The molecule has 2 aromatic heterocycles. The maximum Gasteiger partial charge on any atom is 0.481 e. The second kappa shape index (κ2) is 12.8. The molecule has 1 saturated heterocycles. The molecule has 1 fully saturated rings. The number of nitrogens with one attached hydrogen (secondary N) is 2. The normalized spacial score (nSPS) is 23.0. The molecule has 44 heavy (non-hydrogen) atoms. The summed E-state index contributed by atoms with van der Waals surface area (Å²) in [7, 11) is -10.5. The Morgan fingerprint density at radius 2 is 1.82 bits per heavy atom. The van der Waals surface area contributed by atoms with Gasteiger partial charge in [0.25, 0.3) is 5.56 Å². The highest BCUT2D eigenvalue weighted by Gasteiger charge is 2.46. The fourth-order valence-electron chi connectivity index (χ4n) is 4.55. The van der Waals surface area contributed by atoms with E-state index in [0.29, 0.717) is 0 Å². The monoisotopic (exact) mass is 654 g/mol. The number of nitrogens with zero attached hydrogens (tertiary/aromatic N) is 3. The number of phosphoric ester groups is 2. The number of hydrogen-bond donors (Lipinski definition) is 7. The first-order valence-corrected chi connectivity index (χ1v) is 16.0. The van der Waals surface area contributed by atoms with Crippen molar-refractivity contribution >= 4 is 49.4 Å². The number of phosphoric acid groups is 2. The van der Waals surface area contributed by atoms with Crippen LogP contribution in [0.1, 0.15) is 18.2 Å². The third-order valence-electron chi connectivity index (χ3n) is 6.61. The molecule has 2 unspecified atom stereocenters. The SMILES string of the molecule is Nc1nc2c(ncn2[C@@H]2O[C@H](COP(=O)(O)OP(=O)(O)OCCC(=O)NCc3cccc4ccccc34)[C@@H](O)[C@H]2O)c(=O)[nH]1. The Morgan fingerprint density at radius 1 is 1.09 bits per heavy atom. The lowest BCUT2D eigenvalue weighted by Crippen LogP contribution is -2.33. The lowest BCUT2D eigenvalue weighted by Gasteiger charge is -2.19. The van der Waals surface area contributed by atoms with Crippen LogP contribution in [-0.2, 0) is 38.6 Å². The van der Waals surface area contributed by atoms with Crippen LogP contribution in [-0.4, -0.2) is 77.0 Å². The molecule has 236 valence electrons. The van der Waals surface area contributed by atoms with Gasteiger partial charge in [-0.3, -0.25) is 28.2 Å². The lowest BCUT2D eigenvalue weighted by atomic mass is 10.0. The predicted molar refractivity (Wildman–Crippen MR) is 152 cm³/mol. The average molecular weight is 654 g/mol. The molecule has 6 atom stereocenters. The Balaban J connectivity index is 1.10. The molecular formula is C24H28N6O12P2. The van der Waals surface area contributed by atoms with E-state index >= 15 is 0 Å². The number of benzene rings is 2. The molecule has 20 heteroatoms. The van der Waals surface area contributed by atoms with Crippen molar-refractivity contribution in [3.05, 3.63) is 64.7 Å². The number of aromatic nitrogens is 4. The molecule has 0 spiro atoms. The number of anilines is 1. The Labute approximate surface area is 247 Å². The number of ether oxygens (including phenoxy) is 1. The molecule has 5 rings (SSSR count). The van der Waals surface area contributed by atoms with Gasteiger partial charge >= 0.3 is 15.6 Å². The van der Waals surface area contributed by atoms with Crippen LogP contribution in [0.4, 0.5) is 5.95 Å². The number of aliphatic hydroxyl groups excluding tert-OH is 2. The summed E-state index contributed by atoms with van der Waals surface area (Å²) in [6, 6.07) is 13.2. The maximum atomic E-state index is 12.3. The minimum atomic E-state index is -5.29. The van der Waals surface area contributed by atoms with Gasteiger partial charge in [-0.15, -0.1) is 0 Å². The van der Waals surface area contributed by atoms with Crippen molar-refractivity contribution in [3.63, 3.8) is 0 Å². The van der Waals surface area contributed by atoms with Crippen LogP contribution in [0.15, 0.2) is 53.6 Å². The lowest BCUT2D eigenvalue weighted by molar-refractivity contribution is -0.121. The number of aromatic amines is 1. The maximum absolute atomic E-state index is 12.3.